The minimum Gasteiger partial charge on any atom is -0.383 e. The van der Waals surface area contributed by atoms with E-state index < -0.39 is 0 Å². The zero-order valence-corrected chi connectivity index (χ0v) is 19.0. The standard InChI is InChI=1S/C30H23N5/c31-28(22-13-6-2-7-14-22)35-29(32)25-18-10-17-24(19-25)27-20-26(21-11-4-1-5-12-21)33-30(34-27)23-15-8-3-9-16-23/h1-20H,(H3,31,32,35). The Kier molecular flexibility index (Phi) is 6.22. The molecule has 0 bridgehead atoms. The number of hydrogen-bond donors (Lipinski definition) is 2. The van der Waals surface area contributed by atoms with Crippen molar-refractivity contribution in [3.63, 3.8) is 0 Å². The van der Waals surface area contributed by atoms with Crippen LogP contribution in [0.4, 0.5) is 0 Å². The smallest absolute Gasteiger partial charge is 0.160 e. The van der Waals surface area contributed by atoms with Gasteiger partial charge in [-0.1, -0.05) is 109 Å². The van der Waals surface area contributed by atoms with Crippen LogP contribution < -0.4 is 5.73 Å². The van der Waals surface area contributed by atoms with Crippen molar-refractivity contribution in [2.75, 3.05) is 0 Å². The largest absolute Gasteiger partial charge is 0.383 e. The molecule has 1 heterocycles. The highest BCUT2D eigenvalue weighted by molar-refractivity contribution is 6.10. The van der Waals surface area contributed by atoms with Gasteiger partial charge in [0.1, 0.15) is 5.84 Å². The second-order valence-electron chi connectivity index (χ2n) is 7.99. The van der Waals surface area contributed by atoms with E-state index in [1.807, 2.05) is 121 Å². The molecule has 5 aromatic rings. The molecule has 0 spiro atoms. The molecule has 0 aliphatic heterocycles. The lowest BCUT2D eigenvalue weighted by Gasteiger charge is -2.10. The molecule has 0 fully saturated rings. The molecule has 4 aromatic carbocycles. The van der Waals surface area contributed by atoms with Crippen LogP contribution in [0.5, 0.6) is 0 Å². The Morgan fingerprint density at radius 1 is 0.571 bits per heavy atom. The van der Waals surface area contributed by atoms with E-state index in [0.717, 1.165) is 33.6 Å². The third-order valence-corrected chi connectivity index (χ3v) is 5.56. The average molecular weight is 454 g/mol. The van der Waals surface area contributed by atoms with E-state index in [0.29, 0.717) is 17.2 Å². The summed E-state index contributed by atoms with van der Waals surface area (Å²) in [6, 6.07) is 39.1. The fourth-order valence-electron chi connectivity index (χ4n) is 3.75. The fraction of sp³-hybridized carbons (Fsp3) is 0. The van der Waals surface area contributed by atoms with E-state index in [-0.39, 0.29) is 5.84 Å². The van der Waals surface area contributed by atoms with Crippen LogP contribution >= 0.6 is 0 Å². The van der Waals surface area contributed by atoms with Crippen LogP contribution in [0.2, 0.25) is 0 Å². The van der Waals surface area contributed by atoms with Gasteiger partial charge in [0.15, 0.2) is 11.7 Å². The van der Waals surface area contributed by atoms with Gasteiger partial charge in [-0.25, -0.2) is 15.0 Å². The van der Waals surface area contributed by atoms with Gasteiger partial charge in [-0.2, -0.15) is 0 Å². The molecule has 0 unspecified atom stereocenters. The number of aromatic nitrogens is 2. The fourth-order valence-corrected chi connectivity index (χ4v) is 3.75. The highest BCUT2D eigenvalue weighted by Gasteiger charge is 2.12. The number of nitrogens with zero attached hydrogens (tertiary/aromatic N) is 3. The summed E-state index contributed by atoms with van der Waals surface area (Å²) in [7, 11) is 0. The maximum atomic E-state index is 8.52. The minimum absolute atomic E-state index is 0.0915. The first-order chi connectivity index (χ1) is 17.2. The Hall–Kier alpha value is -4.90. The van der Waals surface area contributed by atoms with Gasteiger partial charge in [0.25, 0.3) is 0 Å². The van der Waals surface area contributed by atoms with Gasteiger partial charge in [0.05, 0.1) is 11.4 Å². The molecule has 0 aliphatic rings. The number of nitrogens with two attached hydrogens (primary N) is 1. The van der Waals surface area contributed by atoms with Gasteiger partial charge in [0.2, 0.25) is 0 Å². The van der Waals surface area contributed by atoms with E-state index in [4.69, 9.17) is 21.1 Å². The number of amidine groups is 2. The Balaban J connectivity index is 1.56. The monoisotopic (exact) mass is 453 g/mol. The maximum absolute atomic E-state index is 8.52. The third kappa shape index (κ3) is 5.04. The molecular formula is C30H23N5. The third-order valence-electron chi connectivity index (χ3n) is 5.56. The maximum Gasteiger partial charge on any atom is 0.160 e. The van der Waals surface area contributed by atoms with Crippen LogP contribution in [0, 0.1) is 5.41 Å². The van der Waals surface area contributed by atoms with Crippen LogP contribution in [0.3, 0.4) is 0 Å². The Morgan fingerprint density at radius 2 is 1.09 bits per heavy atom. The van der Waals surface area contributed by atoms with Crippen LogP contribution in [0.1, 0.15) is 11.1 Å². The predicted molar refractivity (Wildman–Crippen MR) is 142 cm³/mol. The summed E-state index contributed by atoms with van der Waals surface area (Å²) in [5.74, 6) is 1.04. The molecule has 0 atom stereocenters. The van der Waals surface area contributed by atoms with Crippen LogP contribution in [0.15, 0.2) is 126 Å². The zero-order chi connectivity index (χ0) is 24.0. The minimum atomic E-state index is 0.0915. The number of benzene rings is 4. The Morgan fingerprint density at radius 3 is 1.74 bits per heavy atom. The lowest BCUT2D eigenvalue weighted by Crippen LogP contribution is -2.15. The molecule has 0 saturated carbocycles. The van der Waals surface area contributed by atoms with Crippen molar-refractivity contribution in [3.8, 4) is 33.9 Å². The first kappa shape index (κ1) is 21.9. The zero-order valence-electron chi connectivity index (χ0n) is 19.0. The van der Waals surface area contributed by atoms with Gasteiger partial charge in [0, 0.05) is 27.8 Å². The van der Waals surface area contributed by atoms with Gasteiger partial charge in [-0.3, -0.25) is 5.41 Å². The Labute approximate surface area is 204 Å². The normalized spacial score (nSPS) is 11.3. The lowest BCUT2D eigenvalue weighted by atomic mass is 10.0. The number of nitrogens with one attached hydrogen (secondary N) is 1. The molecule has 0 amide bonds. The van der Waals surface area contributed by atoms with Gasteiger partial charge >= 0.3 is 0 Å². The lowest BCUT2D eigenvalue weighted by molar-refractivity contribution is 1.18. The summed E-state index contributed by atoms with van der Waals surface area (Å²) < 4.78 is 0. The average Bonchev–Trinajstić information content (AvgIpc) is 2.94. The molecule has 5 nitrogen and oxygen atoms in total. The summed E-state index contributed by atoms with van der Waals surface area (Å²) in [4.78, 5) is 14.0. The molecular weight excluding hydrogens is 430 g/mol. The van der Waals surface area contributed by atoms with Crippen molar-refractivity contribution >= 4 is 11.7 Å². The number of aliphatic imine (C=N–C) groups is 1. The van der Waals surface area contributed by atoms with Crippen LogP contribution in [0.25, 0.3) is 33.9 Å². The first-order valence-electron chi connectivity index (χ1n) is 11.3. The molecule has 0 aliphatic carbocycles. The SMILES string of the molecule is N=C(/N=C(\N)c1ccccc1)c1cccc(-c2cc(-c3ccccc3)nc(-c3ccccc3)n2)c1. The summed E-state index contributed by atoms with van der Waals surface area (Å²) in [6.07, 6.45) is 0. The molecule has 5 heteroatoms. The summed E-state index contributed by atoms with van der Waals surface area (Å²) in [6.45, 7) is 0. The van der Waals surface area contributed by atoms with Crippen molar-refractivity contribution in [2.24, 2.45) is 10.7 Å². The van der Waals surface area contributed by atoms with Crippen molar-refractivity contribution in [1.82, 2.24) is 9.97 Å². The van der Waals surface area contributed by atoms with Crippen molar-refractivity contribution < 1.29 is 0 Å². The van der Waals surface area contributed by atoms with E-state index in [2.05, 4.69) is 4.99 Å². The number of hydrogen-bond acceptors (Lipinski definition) is 3. The quantitative estimate of drug-likeness (QED) is 0.245. The van der Waals surface area contributed by atoms with E-state index >= 15 is 0 Å². The van der Waals surface area contributed by atoms with Gasteiger partial charge in [-0.05, 0) is 12.1 Å². The van der Waals surface area contributed by atoms with E-state index in [1.54, 1.807) is 0 Å². The van der Waals surface area contributed by atoms with Crippen LogP contribution in [-0.2, 0) is 0 Å². The summed E-state index contributed by atoms with van der Waals surface area (Å²) >= 11 is 0. The molecule has 168 valence electrons. The molecule has 35 heavy (non-hydrogen) atoms. The van der Waals surface area contributed by atoms with Gasteiger partial charge in [-0.15, -0.1) is 0 Å². The molecule has 0 saturated heterocycles. The van der Waals surface area contributed by atoms with Crippen LogP contribution in [-0.4, -0.2) is 21.6 Å². The molecule has 3 N–H and O–H groups in total. The second kappa shape index (κ2) is 9.93. The molecule has 1 aromatic heterocycles. The summed E-state index contributed by atoms with van der Waals surface area (Å²) in [5, 5.41) is 8.52. The highest BCUT2D eigenvalue weighted by atomic mass is 14.9. The van der Waals surface area contributed by atoms with Gasteiger partial charge < -0.3 is 5.73 Å². The number of rotatable bonds is 5. The van der Waals surface area contributed by atoms with E-state index in [9.17, 15) is 0 Å². The predicted octanol–water partition coefficient (Wildman–Crippen LogP) is 6.21. The van der Waals surface area contributed by atoms with Crippen molar-refractivity contribution in [3.05, 3.63) is 132 Å². The topological polar surface area (TPSA) is 88.0 Å². The van der Waals surface area contributed by atoms with E-state index in [1.165, 1.54) is 0 Å². The molecule has 0 radical (unpaired) electrons. The Bertz CT molecular complexity index is 1440. The molecule has 5 rings (SSSR count). The van der Waals surface area contributed by atoms with Crippen molar-refractivity contribution in [1.29, 1.82) is 5.41 Å². The first-order valence-corrected chi connectivity index (χ1v) is 11.3. The second-order valence-corrected chi connectivity index (χ2v) is 7.99. The van der Waals surface area contributed by atoms with Crippen molar-refractivity contribution in [2.45, 2.75) is 0 Å². The highest BCUT2D eigenvalue weighted by Crippen LogP contribution is 2.28. The summed E-state index contributed by atoms with van der Waals surface area (Å²) in [5.41, 5.74) is 12.0.